The minimum Gasteiger partial charge on any atom is -0.493 e. The number of aromatic nitrogens is 4. The van der Waals surface area contributed by atoms with Crippen LogP contribution in [-0.2, 0) is 30.5 Å². The SMILES string of the molecule is N[C@]1(C2CCN(c3ncc(Cl)cn3)CC2)CC1CCOc1ccc(CC(=O)N2CCn3cc(C(F)(F)F)nc3C2)c(F)c1. The van der Waals surface area contributed by atoms with Gasteiger partial charge in [0.1, 0.15) is 17.4 Å². The second kappa shape index (κ2) is 11.6. The summed E-state index contributed by atoms with van der Waals surface area (Å²) in [5.74, 6) is 1.00. The Morgan fingerprint density at radius 3 is 2.58 bits per heavy atom. The lowest BCUT2D eigenvalue weighted by molar-refractivity contribution is -0.141. The molecule has 3 aliphatic rings. The molecule has 1 aliphatic carbocycles. The molecule has 4 heterocycles. The number of imidazole rings is 1. The molecule has 1 unspecified atom stereocenters. The van der Waals surface area contributed by atoms with Crippen molar-refractivity contribution in [1.29, 1.82) is 0 Å². The quantitative estimate of drug-likeness (QED) is 0.370. The number of carbonyl (C=O) groups is 1. The van der Waals surface area contributed by atoms with Gasteiger partial charge in [0, 0.05) is 44.0 Å². The monoisotopic (exact) mass is 621 g/mol. The number of carbonyl (C=O) groups excluding carboxylic acids is 1. The molecule has 2 fully saturated rings. The van der Waals surface area contributed by atoms with Gasteiger partial charge < -0.3 is 24.8 Å². The highest BCUT2D eigenvalue weighted by molar-refractivity contribution is 6.30. The van der Waals surface area contributed by atoms with Crippen LogP contribution in [0.15, 0.2) is 36.8 Å². The number of piperidine rings is 1. The normalized spacial score (nSPS) is 22.4. The van der Waals surface area contributed by atoms with E-state index in [-0.39, 0.29) is 48.9 Å². The minimum absolute atomic E-state index is 0.0581. The third-order valence-electron chi connectivity index (χ3n) is 8.89. The summed E-state index contributed by atoms with van der Waals surface area (Å²) in [6.07, 6.45) is 3.01. The first kappa shape index (κ1) is 29.6. The molecule has 2 aromatic heterocycles. The fourth-order valence-electron chi connectivity index (χ4n) is 6.28. The van der Waals surface area contributed by atoms with Crippen molar-refractivity contribution in [3.63, 3.8) is 0 Å². The molecular formula is C29H32ClF4N7O2. The Labute approximate surface area is 251 Å². The van der Waals surface area contributed by atoms with E-state index in [2.05, 4.69) is 19.9 Å². The molecule has 0 bridgehead atoms. The van der Waals surface area contributed by atoms with Gasteiger partial charge in [0.15, 0.2) is 5.69 Å². The molecule has 1 aromatic carbocycles. The molecule has 1 amide bonds. The average Bonchev–Trinajstić information content (AvgIpc) is 3.43. The Morgan fingerprint density at radius 2 is 1.88 bits per heavy atom. The van der Waals surface area contributed by atoms with Crippen LogP contribution in [0, 0.1) is 17.7 Å². The van der Waals surface area contributed by atoms with Gasteiger partial charge in [-0.05, 0) is 49.1 Å². The van der Waals surface area contributed by atoms with Crippen molar-refractivity contribution in [3.8, 4) is 5.75 Å². The first-order valence-electron chi connectivity index (χ1n) is 14.3. The molecule has 43 heavy (non-hydrogen) atoms. The number of alkyl halides is 3. The Bertz CT molecular complexity index is 1480. The number of benzene rings is 1. The molecule has 1 saturated carbocycles. The number of halogens is 5. The van der Waals surface area contributed by atoms with Crippen molar-refractivity contribution in [2.75, 3.05) is 31.1 Å². The Balaban J connectivity index is 0.949. The van der Waals surface area contributed by atoms with Crippen molar-refractivity contribution in [2.45, 2.75) is 56.9 Å². The molecule has 2 aliphatic heterocycles. The zero-order valence-electron chi connectivity index (χ0n) is 23.4. The summed E-state index contributed by atoms with van der Waals surface area (Å²) in [4.78, 5) is 28.6. The fourth-order valence-corrected chi connectivity index (χ4v) is 6.38. The molecular weight excluding hydrogens is 590 g/mol. The van der Waals surface area contributed by atoms with Crippen LogP contribution < -0.4 is 15.4 Å². The van der Waals surface area contributed by atoms with Crippen LogP contribution >= 0.6 is 11.6 Å². The topological polar surface area (TPSA) is 102 Å². The standard InChI is InChI=1S/C29H32ClF4N7O2/c30-21-14-36-27(37-15-21)39-6-3-19(4-7-39)28(35)13-20(28)5-10-43-22-2-1-18(23(31)12-22)11-26(42)41-9-8-40-16-24(29(32,33)34)38-25(40)17-41/h1-2,12,14-16,19-20H,3-11,13,17,35H2/t20?,28-/m0/s1. The van der Waals surface area contributed by atoms with Crippen molar-refractivity contribution in [1.82, 2.24) is 24.4 Å². The number of rotatable bonds is 8. The first-order valence-corrected chi connectivity index (χ1v) is 14.7. The molecule has 14 heteroatoms. The highest BCUT2D eigenvalue weighted by Gasteiger charge is 2.55. The first-order chi connectivity index (χ1) is 20.5. The number of nitrogens with two attached hydrogens (primary N) is 1. The average molecular weight is 622 g/mol. The lowest BCUT2D eigenvalue weighted by Gasteiger charge is -2.35. The van der Waals surface area contributed by atoms with E-state index < -0.39 is 17.7 Å². The predicted octanol–water partition coefficient (Wildman–Crippen LogP) is 4.47. The lowest BCUT2D eigenvalue weighted by atomic mass is 9.86. The van der Waals surface area contributed by atoms with E-state index in [4.69, 9.17) is 22.1 Å². The molecule has 2 atom stereocenters. The Kier molecular flexibility index (Phi) is 7.97. The Hall–Kier alpha value is -3.45. The molecule has 0 radical (unpaired) electrons. The predicted molar refractivity (Wildman–Crippen MR) is 150 cm³/mol. The third-order valence-corrected chi connectivity index (χ3v) is 9.09. The lowest BCUT2D eigenvalue weighted by Crippen LogP contribution is -2.44. The molecule has 6 rings (SSSR count). The number of hydrogen-bond donors (Lipinski definition) is 1. The van der Waals surface area contributed by atoms with Crippen molar-refractivity contribution in [2.24, 2.45) is 17.6 Å². The molecule has 0 spiro atoms. The number of fused-ring (bicyclic) bond motifs is 1. The van der Waals surface area contributed by atoms with Gasteiger partial charge in [-0.25, -0.2) is 19.3 Å². The summed E-state index contributed by atoms with van der Waals surface area (Å²) in [7, 11) is 0. The summed E-state index contributed by atoms with van der Waals surface area (Å²) in [5.41, 5.74) is 5.77. The van der Waals surface area contributed by atoms with E-state index >= 15 is 0 Å². The van der Waals surface area contributed by atoms with Crippen molar-refractivity contribution in [3.05, 3.63) is 64.7 Å². The van der Waals surface area contributed by atoms with Crippen LogP contribution in [-0.4, -0.2) is 62.1 Å². The van der Waals surface area contributed by atoms with E-state index in [0.29, 0.717) is 35.2 Å². The van der Waals surface area contributed by atoms with Crippen LogP contribution in [0.2, 0.25) is 5.02 Å². The largest absolute Gasteiger partial charge is 0.493 e. The number of hydrogen-bond acceptors (Lipinski definition) is 7. The van der Waals surface area contributed by atoms with E-state index in [0.717, 1.165) is 45.0 Å². The highest BCUT2D eigenvalue weighted by Crippen LogP contribution is 2.52. The van der Waals surface area contributed by atoms with Gasteiger partial charge >= 0.3 is 6.18 Å². The van der Waals surface area contributed by atoms with Gasteiger partial charge in [0.2, 0.25) is 11.9 Å². The number of ether oxygens (including phenoxy) is 1. The summed E-state index contributed by atoms with van der Waals surface area (Å²) in [6, 6.07) is 4.40. The molecule has 1 saturated heterocycles. The van der Waals surface area contributed by atoms with Crippen LogP contribution in [0.4, 0.5) is 23.5 Å². The number of nitrogens with zero attached hydrogens (tertiary/aromatic N) is 6. The van der Waals surface area contributed by atoms with Gasteiger partial charge in [0.05, 0.1) is 37.0 Å². The summed E-state index contributed by atoms with van der Waals surface area (Å²) < 4.78 is 61.0. The molecule has 2 N–H and O–H groups in total. The number of amides is 1. The van der Waals surface area contributed by atoms with E-state index in [1.807, 2.05) is 0 Å². The minimum atomic E-state index is -4.55. The highest BCUT2D eigenvalue weighted by atomic mass is 35.5. The van der Waals surface area contributed by atoms with Gasteiger partial charge in [-0.3, -0.25) is 4.79 Å². The van der Waals surface area contributed by atoms with Crippen LogP contribution in [0.3, 0.4) is 0 Å². The maximum absolute atomic E-state index is 14.9. The second-order valence-electron chi connectivity index (χ2n) is 11.6. The van der Waals surface area contributed by atoms with Crippen molar-refractivity contribution < 1.29 is 27.1 Å². The molecule has 230 valence electrons. The van der Waals surface area contributed by atoms with E-state index in [9.17, 15) is 22.4 Å². The summed E-state index contributed by atoms with van der Waals surface area (Å²) in [5, 5.41) is 0.509. The van der Waals surface area contributed by atoms with E-state index in [1.165, 1.54) is 21.6 Å². The van der Waals surface area contributed by atoms with Crippen LogP contribution in [0.25, 0.3) is 0 Å². The molecule has 3 aromatic rings. The van der Waals surface area contributed by atoms with Crippen LogP contribution in [0.1, 0.15) is 42.8 Å². The maximum Gasteiger partial charge on any atom is 0.434 e. The summed E-state index contributed by atoms with van der Waals surface area (Å²) >= 11 is 5.89. The molecule has 9 nitrogen and oxygen atoms in total. The zero-order chi connectivity index (χ0) is 30.4. The van der Waals surface area contributed by atoms with Gasteiger partial charge in [0.25, 0.3) is 0 Å². The number of anilines is 1. The third kappa shape index (κ3) is 6.42. The fraction of sp³-hybridized carbons (Fsp3) is 0.517. The second-order valence-corrected chi connectivity index (χ2v) is 12.0. The Morgan fingerprint density at radius 1 is 1.14 bits per heavy atom. The maximum atomic E-state index is 14.9. The van der Waals surface area contributed by atoms with Gasteiger partial charge in [-0.2, -0.15) is 13.2 Å². The van der Waals surface area contributed by atoms with Crippen LogP contribution in [0.5, 0.6) is 5.75 Å². The smallest absolute Gasteiger partial charge is 0.434 e. The van der Waals surface area contributed by atoms with Crippen molar-refractivity contribution >= 4 is 23.5 Å². The summed E-state index contributed by atoms with van der Waals surface area (Å²) in [6.45, 7) is 2.44. The van der Waals surface area contributed by atoms with E-state index in [1.54, 1.807) is 18.5 Å². The van der Waals surface area contributed by atoms with Gasteiger partial charge in [-0.15, -0.1) is 0 Å². The zero-order valence-corrected chi connectivity index (χ0v) is 24.1. The van der Waals surface area contributed by atoms with Gasteiger partial charge in [-0.1, -0.05) is 17.7 Å².